The number of likely N-dealkylation sites (tertiary alicyclic amines) is 2. The van der Waals surface area contributed by atoms with E-state index in [1.54, 1.807) is 0 Å². The molecule has 3 amide bonds. The van der Waals surface area contributed by atoms with E-state index >= 15 is 0 Å². The van der Waals surface area contributed by atoms with Crippen LogP contribution in [0.25, 0.3) is 0 Å². The topological polar surface area (TPSA) is 57.7 Å². The van der Waals surface area contributed by atoms with Crippen LogP contribution in [-0.2, 0) is 14.4 Å². The van der Waals surface area contributed by atoms with E-state index in [2.05, 4.69) is 0 Å². The van der Waals surface area contributed by atoms with Crippen molar-refractivity contribution in [1.29, 1.82) is 0 Å². The van der Waals surface area contributed by atoms with Crippen molar-refractivity contribution in [3.63, 3.8) is 0 Å². The lowest BCUT2D eigenvalue weighted by Gasteiger charge is -2.17. The number of fused-ring (bicyclic) bond motifs is 1. The summed E-state index contributed by atoms with van der Waals surface area (Å²) >= 11 is 5.42. The molecular formula is C9H11ClN2O3. The predicted molar refractivity (Wildman–Crippen MR) is 52.1 cm³/mol. The summed E-state index contributed by atoms with van der Waals surface area (Å²) in [7, 11) is 1.48. The maximum Gasteiger partial charge on any atom is 0.237 e. The molecule has 2 aliphatic rings. The third kappa shape index (κ3) is 1.42. The second kappa shape index (κ2) is 3.48. The van der Waals surface area contributed by atoms with Crippen molar-refractivity contribution in [3.05, 3.63) is 0 Å². The van der Waals surface area contributed by atoms with Gasteiger partial charge >= 0.3 is 0 Å². The average molecular weight is 231 g/mol. The van der Waals surface area contributed by atoms with Gasteiger partial charge in [0.25, 0.3) is 0 Å². The molecule has 0 bridgehead atoms. The lowest BCUT2D eigenvalue weighted by Crippen LogP contribution is -2.36. The summed E-state index contributed by atoms with van der Waals surface area (Å²) < 4.78 is 0. The molecule has 0 aromatic rings. The Labute approximate surface area is 92.0 Å². The van der Waals surface area contributed by atoms with Gasteiger partial charge in [0.15, 0.2) is 0 Å². The minimum Gasteiger partial charge on any atom is -0.340 e. The predicted octanol–water partition coefficient (Wildman–Crippen LogP) is -0.702. The zero-order valence-electron chi connectivity index (χ0n) is 8.27. The number of hydrogen-bond donors (Lipinski definition) is 0. The van der Waals surface area contributed by atoms with Crippen molar-refractivity contribution >= 4 is 29.3 Å². The first-order chi connectivity index (χ1) is 7.06. The minimum atomic E-state index is -0.352. The summed E-state index contributed by atoms with van der Waals surface area (Å²) in [6.07, 6.45) is 0. The fraction of sp³-hybridized carbons (Fsp3) is 0.667. The van der Waals surface area contributed by atoms with Crippen LogP contribution in [0.5, 0.6) is 0 Å². The van der Waals surface area contributed by atoms with Gasteiger partial charge in [-0.25, -0.2) is 0 Å². The van der Waals surface area contributed by atoms with Crippen molar-refractivity contribution < 1.29 is 14.4 Å². The van der Waals surface area contributed by atoms with E-state index in [0.29, 0.717) is 13.1 Å². The first kappa shape index (κ1) is 10.4. The monoisotopic (exact) mass is 230 g/mol. The molecule has 0 saturated carbocycles. The molecule has 0 radical (unpaired) electrons. The molecule has 2 heterocycles. The highest BCUT2D eigenvalue weighted by Gasteiger charge is 2.51. The highest BCUT2D eigenvalue weighted by atomic mass is 35.5. The summed E-state index contributed by atoms with van der Waals surface area (Å²) in [6, 6.07) is 0. The van der Waals surface area contributed by atoms with E-state index in [-0.39, 0.29) is 35.4 Å². The minimum absolute atomic E-state index is 0.0995. The Bertz CT molecular complexity index is 320. The summed E-state index contributed by atoms with van der Waals surface area (Å²) in [5, 5.41) is 0. The molecule has 2 aliphatic heterocycles. The van der Waals surface area contributed by atoms with Crippen LogP contribution in [0.1, 0.15) is 0 Å². The molecule has 5 nitrogen and oxygen atoms in total. The molecule has 15 heavy (non-hydrogen) atoms. The molecule has 0 spiro atoms. The Morgan fingerprint density at radius 2 is 1.80 bits per heavy atom. The van der Waals surface area contributed by atoms with E-state index in [1.165, 1.54) is 11.9 Å². The van der Waals surface area contributed by atoms with Crippen LogP contribution in [0.4, 0.5) is 0 Å². The van der Waals surface area contributed by atoms with Crippen molar-refractivity contribution in [3.8, 4) is 0 Å². The Kier molecular flexibility index (Phi) is 2.42. The molecule has 82 valence electrons. The van der Waals surface area contributed by atoms with Crippen molar-refractivity contribution in [1.82, 2.24) is 9.80 Å². The van der Waals surface area contributed by atoms with Gasteiger partial charge in [0.2, 0.25) is 17.7 Å². The Morgan fingerprint density at radius 3 is 2.20 bits per heavy atom. The van der Waals surface area contributed by atoms with Crippen LogP contribution >= 0.6 is 11.6 Å². The Morgan fingerprint density at radius 1 is 1.33 bits per heavy atom. The quantitative estimate of drug-likeness (QED) is 0.442. The van der Waals surface area contributed by atoms with E-state index < -0.39 is 0 Å². The molecule has 0 aromatic carbocycles. The van der Waals surface area contributed by atoms with Gasteiger partial charge < -0.3 is 4.90 Å². The van der Waals surface area contributed by atoms with Gasteiger partial charge in [-0.05, 0) is 0 Å². The van der Waals surface area contributed by atoms with Gasteiger partial charge in [0.1, 0.15) is 5.88 Å². The molecule has 0 aromatic heterocycles. The molecule has 2 atom stereocenters. The number of imide groups is 1. The number of halogens is 1. The van der Waals surface area contributed by atoms with E-state index in [0.717, 1.165) is 4.90 Å². The number of carbonyl (C=O) groups is 3. The summed E-state index contributed by atoms with van der Waals surface area (Å²) in [4.78, 5) is 37.1. The maximum absolute atomic E-state index is 11.6. The number of amides is 3. The highest BCUT2D eigenvalue weighted by Crippen LogP contribution is 2.32. The molecule has 2 rings (SSSR count). The van der Waals surface area contributed by atoms with E-state index in [9.17, 15) is 14.4 Å². The maximum atomic E-state index is 11.6. The summed E-state index contributed by atoms with van der Waals surface area (Å²) in [5.41, 5.74) is 0. The first-order valence-electron chi connectivity index (χ1n) is 4.71. The number of rotatable bonds is 1. The summed E-state index contributed by atoms with van der Waals surface area (Å²) in [6.45, 7) is 0.649. The lowest BCUT2D eigenvalue weighted by molar-refractivity contribution is -0.139. The van der Waals surface area contributed by atoms with Crippen LogP contribution in [0, 0.1) is 11.8 Å². The van der Waals surface area contributed by atoms with Gasteiger partial charge in [0.05, 0.1) is 11.8 Å². The van der Waals surface area contributed by atoms with Crippen LogP contribution in [-0.4, -0.2) is 53.5 Å². The fourth-order valence-electron chi connectivity index (χ4n) is 2.20. The van der Waals surface area contributed by atoms with Gasteiger partial charge in [-0.2, -0.15) is 0 Å². The average Bonchev–Trinajstić information content (AvgIpc) is 2.75. The molecular weight excluding hydrogens is 220 g/mol. The lowest BCUT2D eigenvalue weighted by atomic mass is 10.00. The number of nitrogens with zero attached hydrogens (tertiary/aromatic N) is 2. The SMILES string of the molecule is CN1C(=O)[C@H]2CN(C(=O)CCl)C[C@@H]2C1=O. The zero-order chi connectivity index (χ0) is 11.2. The molecule has 6 heteroatoms. The van der Waals surface area contributed by atoms with Gasteiger partial charge in [-0.1, -0.05) is 0 Å². The Balaban J connectivity index is 2.15. The number of hydrogen-bond acceptors (Lipinski definition) is 3. The van der Waals surface area contributed by atoms with Crippen molar-refractivity contribution in [2.24, 2.45) is 11.8 Å². The smallest absolute Gasteiger partial charge is 0.237 e. The van der Waals surface area contributed by atoms with E-state index in [4.69, 9.17) is 11.6 Å². The van der Waals surface area contributed by atoms with Crippen molar-refractivity contribution in [2.75, 3.05) is 26.0 Å². The molecule has 0 aliphatic carbocycles. The summed E-state index contributed by atoms with van der Waals surface area (Å²) in [5.74, 6) is -1.39. The third-order valence-corrected chi connectivity index (χ3v) is 3.31. The molecule has 0 N–H and O–H groups in total. The first-order valence-corrected chi connectivity index (χ1v) is 5.25. The van der Waals surface area contributed by atoms with E-state index in [1.807, 2.05) is 0 Å². The van der Waals surface area contributed by atoms with Gasteiger partial charge in [-0.3, -0.25) is 19.3 Å². The van der Waals surface area contributed by atoms with Crippen LogP contribution in [0.2, 0.25) is 0 Å². The number of carbonyl (C=O) groups excluding carboxylic acids is 3. The Hall–Kier alpha value is -1.10. The normalized spacial score (nSPS) is 30.0. The highest BCUT2D eigenvalue weighted by molar-refractivity contribution is 6.27. The second-order valence-electron chi connectivity index (χ2n) is 3.88. The van der Waals surface area contributed by atoms with Crippen molar-refractivity contribution in [2.45, 2.75) is 0 Å². The fourth-order valence-corrected chi connectivity index (χ4v) is 2.37. The van der Waals surface area contributed by atoms with Gasteiger partial charge in [0, 0.05) is 20.1 Å². The number of alkyl halides is 1. The molecule has 0 unspecified atom stereocenters. The third-order valence-electron chi connectivity index (χ3n) is 3.08. The standard InChI is InChI=1S/C9H11ClN2O3/c1-11-8(14)5-3-12(7(13)2-10)4-6(5)9(11)15/h5-6H,2-4H2,1H3/t5-,6-/m0/s1. The second-order valence-corrected chi connectivity index (χ2v) is 4.15. The molecule has 2 fully saturated rings. The van der Waals surface area contributed by atoms with Crippen LogP contribution in [0.15, 0.2) is 0 Å². The zero-order valence-corrected chi connectivity index (χ0v) is 9.03. The largest absolute Gasteiger partial charge is 0.340 e. The van der Waals surface area contributed by atoms with Crippen LogP contribution in [0.3, 0.4) is 0 Å². The van der Waals surface area contributed by atoms with Gasteiger partial charge in [-0.15, -0.1) is 11.6 Å². The molecule has 2 saturated heterocycles. The van der Waals surface area contributed by atoms with Crippen LogP contribution < -0.4 is 0 Å².